The Morgan fingerprint density at radius 3 is 3.27 bits per heavy atom. The van der Waals surface area contributed by atoms with Crippen molar-refractivity contribution in [2.75, 3.05) is 12.3 Å². The van der Waals surface area contributed by atoms with Crippen LogP contribution in [0.4, 0.5) is 0 Å². The van der Waals surface area contributed by atoms with E-state index in [-0.39, 0.29) is 5.91 Å². The van der Waals surface area contributed by atoms with Gasteiger partial charge in [-0.15, -0.1) is 18.3 Å². The monoisotopic (exact) mass is 169 g/mol. The van der Waals surface area contributed by atoms with Crippen LogP contribution in [0.25, 0.3) is 0 Å². The first-order valence-corrected chi connectivity index (χ1v) is 4.58. The van der Waals surface area contributed by atoms with E-state index in [9.17, 15) is 4.79 Å². The second kappa shape index (κ2) is 4.23. The molecule has 0 aromatic carbocycles. The largest absolute Gasteiger partial charge is 0.318 e. The first kappa shape index (κ1) is 8.40. The Balaban J connectivity index is 2.41. The molecule has 0 saturated heterocycles. The van der Waals surface area contributed by atoms with Gasteiger partial charge in [-0.3, -0.25) is 4.79 Å². The Morgan fingerprint density at radius 1 is 1.82 bits per heavy atom. The van der Waals surface area contributed by atoms with Crippen molar-refractivity contribution in [2.45, 2.75) is 6.42 Å². The fourth-order valence-corrected chi connectivity index (χ4v) is 1.47. The van der Waals surface area contributed by atoms with E-state index in [4.69, 9.17) is 0 Å². The van der Waals surface area contributed by atoms with E-state index in [1.54, 1.807) is 16.7 Å². The van der Waals surface area contributed by atoms with Gasteiger partial charge in [0.25, 0.3) is 0 Å². The van der Waals surface area contributed by atoms with Crippen molar-refractivity contribution in [2.24, 2.45) is 0 Å². The summed E-state index contributed by atoms with van der Waals surface area (Å²) in [5.41, 5.74) is 0. The first-order chi connectivity index (χ1) is 5.34. The predicted molar refractivity (Wildman–Crippen MR) is 48.1 cm³/mol. The van der Waals surface area contributed by atoms with Crippen molar-refractivity contribution >= 4 is 17.7 Å². The van der Waals surface area contributed by atoms with Gasteiger partial charge < -0.3 is 4.90 Å². The van der Waals surface area contributed by atoms with Crippen molar-refractivity contribution in [3.63, 3.8) is 0 Å². The van der Waals surface area contributed by atoms with E-state index in [0.717, 1.165) is 13.0 Å². The summed E-state index contributed by atoms with van der Waals surface area (Å²) in [6.07, 6.45) is 4.52. The molecule has 0 aromatic rings. The third-order valence-electron chi connectivity index (χ3n) is 1.44. The summed E-state index contributed by atoms with van der Waals surface area (Å²) in [5, 5.41) is 1.95. The maximum absolute atomic E-state index is 11.1. The van der Waals surface area contributed by atoms with Crippen LogP contribution in [0.15, 0.2) is 24.3 Å². The molecule has 0 bridgehead atoms. The molecule has 0 fully saturated rings. The van der Waals surface area contributed by atoms with Crippen LogP contribution < -0.4 is 0 Å². The van der Waals surface area contributed by atoms with Gasteiger partial charge in [0.2, 0.25) is 5.91 Å². The SMILES string of the molecule is C=CCCN1C=CSCC1=O. The average molecular weight is 169 g/mol. The minimum Gasteiger partial charge on any atom is -0.318 e. The number of thioether (sulfide) groups is 1. The van der Waals surface area contributed by atoms with Crippen molar-refractivity contribution in [1.82, 2.24) is 4.90 Å². The molecule has 2 nitrogen and oxygen atoms in total. The van der Waals surface area contributed by atoms with E-state index in [1.807, 2.05) is 17.7 Å². The number of hydrogen-bond acceptors (Lipinski definition) is 2. The number of hydrogen-bond donors (Lipinski definition) is 0. The van der Waals surface area contributed by atoms with Gasteiger partial charge in [0.1, 0.15) is 0 Å². The Morgan fingerprint density at radius 2 is 2.64 bits per heavy atom. The first-order valence-electron chi connectivity index (χ1n) is 3.53. The van der Waals surface area contributed by atoms with E-state index in [2.05, 4.69) is 6.58 Å². The van der Waals surface area contributed by atoms with Crippen LogP contribution in [0.3, 0.4) is 0 Å². The lowest BCUT2D eigenvalue weighted by Crippen LogP contribution is -2.29. The van der Waals surface area contributed by atoms with Gasteiger partial charge in [-0.2, -0.15) is 0 Å². The van der Waals surface area contributed by atoms with Gasteiger partial charge in [-0.05, 0) is 11.8 Å². The molecule has 0 unspecified atom stereocenters. The van der Waals surface area contributed by atoms with E-state index < -0.39 is 0 Å². The number of nitrogens with zero attached hydrogens (tertiary/aromatic N) is 1. The molecule has 60 valence electrons. The van der Waals surface area contributed by atoms with Crippen LogP contribution in [0.5, 0.6) is 0 Å². The lowest BCUT2D eigenvalue weighted by Gasteiger charge is -2.19. The molecule has 0 saturated carbocycles. The highest BCUT2D eigenvalue weighted by molar-refractivity contribution is 8.02. The third kappa shape index (κ3) is 2.42. The van der Waals surface area contributed by atoms with Gasteiger partial charge >= 0.3 is 0 Å². The van der Waals surface area contributed by atoms with Crippen molar-refractivity contribution < 1.29 is 4.79 Å². The second-order valence-corrected chi connectivity index (χ2v) is 3.15. The molecule has 1 heterocycles. The zero-order valence-electron chi connectivity index (χ0n) is 6.32. The molecular formula is C8H11NOS. The number of rotatable bonds is 3. The summed E-state index contributed by atoms with van der Waals surface area (Å²) in [7, 11) is 0. The molecule has 0 atom stereocenters. The molecule has 11 heavy (non-hydrogen) atoms. The summed E-state index contributed by atoms with van der Waals surface area (Å²) in [5.74, 6) is 0.771. The number of carbonyl (C=O) groups is 1. The van der Waals surface area contributed by atoms with Gasteiger partial charge in [-0.25, -0.2) is 0 Å². The van der Waals surface area contributed by atoms with E-state index in [0.29, 0.717) is 5.75 Å². The molecule has 1 rings (SSSR count). The molecular weight excluding hydrogens is 158 g/mol. The zero-order chi connectivity index (χ0) is 8.10. The van der Waals surface area contributed by atoms with Crippen LogP contribution in [-0.2, 0) is 4.79 Å². The van der Waals surface area contributed by atoms with Gasteiger partial charge in [0.15, 0.2) is 0 Å². The van der Waals surface area contributed by atoms with Crippen LogP contribution in [0.2, 0.25) is 0 Å². The number of carbonyl (C=O) groups excluding carboxylic acids is 1. The maximum Gasteiger partial charge on any atom is 0.236 e. The fourth-order valence-electron chi connectivity index (χ4n) is 0.832. The van der Waals surface area contributed by atoms with Gasteiger partial charge in [-0.1, -0.05) is 6.08 Å². The highest BCUT2D eigenvalue weighted by Gasteiger charge is 2.12. The van der Waals surface area contributed by atoms with Crippen molar-refractivity contribution in [3.8, 4) is 0 Å². The van der Waals surface area contributed by atoms with E-state index >= 15 is 0 Å². The lowest BCUT2D eigenvalue weighted by molar-refractivity contribution is -0.125. The van der Waals surface area contributed by atoms with Crippen LogP contribution >= 0.6 is 11.8 Å². The quantitative estimate of drug-likeness (QED) is 0.598. The van der Waals surface area contributed by atoms with Crippen molar-refractivity contribution in [3.05, 3.63) is 24.3 Å². The summed E-state index contributed by atoms with van der Waals surface area (Å²) in [6, 6.07) is 0. The molecule has 0 spiro atoms. The minimum atomic E-state index is 0.194. The topological polar surface area (TPSA) is 20.3 Å². The predicted octanol–water partition coefficient (Wildman–Crippen LogP) is 1.61. The minimum absolute atomic E-state index is 0.194. The summed E-state index contributed by atoms with van der Waals surface area (Å²) < 4.78 is 0. The summed E-state index contributed by atoms with van der Waals surface area (Å²) in [4.78, 5) is 12.9. The highest BCUT2D eigenvalue weighted by atomic mass is 32.2. The molecule has 0 N–H and O–H groups in total. The van der Waals surface area contributed by atoms with Crippen LogP contribution in [0, 0.1) is 0 Å². The fraction of sp³-hybridized carbons (Fsp3) is 0.375. The maximum atomic E-state index is 11.1. The average Bonchev–Trinajstić information content (AvgIpc) is 2.03. The standard InChI is InChI=1S/C8H11NOS/c1-2-3-4-9-5-6-11-7-8(9)10/h2,5-6H,1,3-4,7H2. The van der Waals surface area contributed by atoms with Gasteiger partial charge in [0.05, 0.1) is 5.75 Å². The van der Waals surface area contributed by atoms with Crippen LogP contribution in [-0.4, -0.2) is 23.1 Å². The summed E-state index contributed by atoms with van der Waals surface area (Å²) >= 11 is 1.54. The second-order valence-electron chi connectivity index (χ2n) is 2.26. The Hall–Kier alpha value is -0.700. The Labute approximate surface area is 71.0 Å². The molecule has 0 aliphatic carbocycles. The molecule has 0 radical (unpaired) electrons. The normalized spacial score (nSPS) is 17.1. The zero-order valence-corrected chi connectivity index (χ0v) is 7.14. The third-order valence-corrected chi connectivity index (χ3v) is 2.17. The van der Waals surface area contributed by atoms with Crippen molar-refractivity contribution in [1.29, 1.82) is 0 Å². The molecule has 1 aliphatic rings. The number of amides is 1. The lowest BCUT2D eigenvalue weighted by atomic mass is 10.4. The molecule has 3 heteroatoms. The van der Waals surface area contributed by atoms with Crippen LogP contribution in [0.1, 0.15) is 6.42 Å². The molecule has 1 aliphatic heterocycles. The summed E-state index contributed by atoms with van der Waals surface area (Å²) in [6.45, 7) is 4.37. The molecule has 0 aromatic heterocycles. The Kier molecular flexibility index (Phi) is 3.23. The van der Waals surface area contributed by atoms with E-state index in [1.165, 1.54) is 0 Å². The van der Waals surface area contributed by atoms with Gasteiger partial charge in [0, 0.05) is 12.7 Å². The Bertz CT molecular complexity index is 189. The highest BCUT2D eigenvalue weighted by Crippen LogP contribution is 2.12. The molecule has 1 amide bonds. The smallest absolute Gasteiger partial charge is 0.236 e.